The second-order valence-corrected chi connectivity index (χ2v) is 2.35. The van der Waals surface area contributed by atoms with Gasteiger partial charge in [0.15, 0.2) is 0 Å². The van der Waals surface area contributed by atoms with Gasteiger partial charge in [0.2, 0.25) is 6.33 Å². The van der Waals surface area contributed by atoms with Gasteiger partial charge in [-0.1, -0.05) is 6.07 Å². The number of pyridine rings is 1. The number of hydrogen-bond acceptors (Lipinski definition) is 2. The molecule has 0 radical (unpaired) electrons. The highest BCUT2D eigenvalue weighted by molar-refractivity contribution is 5.09. The topological polar surface area (TPSA) is 29.7 Å². The smallest absolute Gasteiger partial charge is 0.206 e. The van der Waals surface area contributed by atoms with Gasteiger partial charge in [-0.25, -0.2) is 4.57 Å². The zero-order valence-electron chi connectivity index (χ0n) is 6.46. The molecule has 0 spiro atoms. The fraction of sp³-hybridized carbons (Fsp3) is 0. The summed E-state index contributed by atoms with van der Waals surface area (Å²) in [5.41, 5.74) is 0. The molecule has 0 aliphatic heterocycles. The predicted octanol–water partition coefficient (Wildman–Crippen LogP) is 0.753. The lowest BCUT2D eigenvalue weighted by Gasteiger charge is -1.92. The maximum atomic E-state index is 4.17. The summed E-state index contributed by atoms with van der Waals surface area (Å²) >= 11 is 0. The molecule has 2 rings (SSSR count). The Morgan fingerprint density at radius 1 is 1.08 bits per heavy atom. The normalized spacial score (nSPS) is 9.67. The Bertz CT molecular complexity index is 307. The molecule has 0 atom stereocenters. The van der Waals surface area contributed by atoms with Crippen LogP contribution in [-0.2, 0) is 0 Å². The molecule has 2 aromatic heterocycles. The van der Waals surface area contributed by atoms with E-state index in [0.29, 0.717) is 0 Å². The summed E-state index contributed by atoms with van der Waals surface area (Å²) in [6, 6.07) is 7.64. The molecule has 0 saturated carbocycles. The Balaban J connectivity index is 2.46. The van der Waals surface area contributed by atoms with Crippen LogP contribution in [0, 0.1) is 0 Å². The summed E-state index contributed by atoms with van der Waals surface area (Å²) in [5.74, 6) is 0.880. The van der Waals surface area contributed by atoms with Crippen LogP contribution in [0.2, 0.25) is 0 Å². The monoisotopic (exact) mass is 158 g/mol. The third-order valence-corrected chi connectivity index (χ3v) is 1.52. The average Bonchev–Trinajstić information content (AvgIpc) is 2.21. The molecule has 0 bridgehead atoms. The lowest BCUT2D eigenvalue weighted by molar-refractivity contribution is -0.603. The molecular weight excluding hydrogens is 150 g/mol. The fourth-order valence-corrected chi connectivity index (χ4v) is 0.972. The first kappa shape index (κ1) is 6.91. The summed E-state index contributed by atoms with van der Waals surface area (Å²) in [5, 5.41) is 0. The lowest BCUT2D eigenvalue weighted by atomic mass is 10.4. The van der Waals surface area contributed by atoms with Crippen molar-refractivity contribution in [3.63, 3.8) is 0 Å². The highest BCUT2D eigenvalue weighted by atomic mass is 15.1. The van der Waals surface area contributed by atoms with Gasteiger partial charge in [0.05, 0.1) is 6.20 Å². The molecule has 0 unspecified atom stereocenters. The first-order chi connectivity index (χ1) is 5.97. The molecule has 58 valence electrons. The highest BCUT2D eigenvalue weighted by Crippen LogP contribution is 1.89. The second kappa shape index (κ2) is 3.09. The summed E-state index contributed by atoms with van der Waals surface area (Å²) in [6.07, 6.45) is 7.13. The minimum absolute atomic E-state index is 0.880. The molecule has 3 nitrogen and oxygen atoms in total. The van der Waals surface area contributed by atoms with Gasteiger partial charge in [-0.2, -0.15) is 0 Å². The SMILES string of the molecule is c1ccc(-[n+]2cccnc2)nc1. The molecule has 0 amide bonds. The molecule has 0 aliphatic rings. The van der Waals surface area contributed by atoms with Gasteiger partial charge in [0, 0.05) is 12.1 Å². The van der Waals surface area contributed by atoms with Crippen LogP contribution in [0.15, 0.2) is 49.2 Å². The lowest BCUT2D eigenvalue weighted by Crippen LogP contribution is -2.30. The van der Waals surface area contributed by atoms with Crippen molar-refractivity contribution in [2.24, 2.45) is 0 Å². The molecule has 3 heteroatoms. The standard InChI is InChI=1S/C9H8N3/c1-2-6-11-9(4-1)12-7-3-5-10-8-12/h1-8H/q+1. The highest BCUT2D eigenvalue weighted by Gasteiger charge is 1.99. The van der Waals surface area contributed by atoms with E-state index < -0.39 is 0 Å². The summed E-state index contributed by atoms with van der Waals surface area (Å²) in [4.78, 5) is 8.16. The molecule has 2 aromatic rings. The average molecular weight is 158 g/mol. The van der Waals surface area contributed by atoms with Gasteiger partial charge in [-0.05, 0) is 6.07 Å². The minimum Gasteiger partial charge on any atom is -0.206 e. The largest absolute Gasteiger partial charge is 0.266 e. The number of rotatable bonds is 1. The first-order valence-corrected chi connectivity index (χ1v) is 3.69. The first-order valence-electron chi connectivity index (χ1n) is 3.69. The molecule has 0 fully saturated rings. The van der Waals surface area contributed by atoms with Crippen LogP contribution >= 0.6 is 0 Å². The minimum atomic E-state index is 0.880. The van der Waals surface area contributed by atoms with Gasteiger partial charge in [0.1, 0.15) is 12.4 Å². The van der Waals surface area contributed by atoms with E-state index in [1.807, 2.05) is 35.0 Å². The van der Waals surface area contributed by atoms with Crippen molar-refractivity contribution in [1.82, 2.24) is 9.97 Å². The maximum absolute atomic E-state index is 4.17. The van der Waals surface area contributed by atoms with E-state index in [9.17, 15) is 0 Å². The number of hydrogen-bond donors (Lipinski definition) is 0. The quantitative estimate of drug-likeness (QED) is 0.573. The Morgan fingerprint density at radius 2 is 2.08 bits per heavy atom. The van der Waals surface area contributed by atoms with Crippen LogP contribution in [-0.4, -0.2) is 9.97 Å². The van der Waals surface area contributed by atoms with E-state index in [2.05, 4.69) is 9.97 Å². The maximum Gasteiger partial charge on any atom is 0.266 e. The zero-order valence-corrected chi connectivity index (χ0v) is 6.46. The number of aromatic nitrogens is 3. The van der Waals surface area contributed by atoms with E-state index in [1.165, 1.54) is 0 Å². The molecular formula is C9H8N3+. The van der Waals surface area contributed by atoms with E-state index in [1.54, 1.807) is 18.7 Å². The number of nitrogens with zero attached hydrogens (tertiary/aromatic N) is 3. The summed E-state index contributed by atoms with van der Waals surface area (Å²) < 4.78 is 1.86. The van der Waals surface area contributed by atoms with Crippen molar-refractivity contribution in [1.29, 1.82) is 0 Å². The zero-order chi connectivity index (χ0) is 8.23. The van der Waals surface area contributed by atoms with E-state index in [-0.39, 0.29) is 0 Å². The second-order valence-electron chi connectivity index (χ2n) is 2.35. The summed E-state index contributed by atoms with van der Waals surface area (Å²) in [6.45, 7) is 0. The van der Waals surface area contributed by atoms with Gasteiger partial charge < -0.3 is 0 Å². The van der Waals surface area contributed by atoms with Gasteiger partial charge >= 0.3 is 0 Å². The molecule has 12 heavy (non-hydrogen) atoms. The van der Waals surface area contributed by atoms with Crippen LogP contribution in [0.25, 0.3) is 5.82 Å². The van der Waals surface area contributed by atoms with Gasteiger partial charge in [-0.3, -0.25) is 0 Å². The summed E-state index contributed by atoms with van der Waals surface area (Å²) in [7, 11) is 0. The van der Waals surface area contributed by atoms with E-state index in [0.717, 1.165) is 5.82 Å². The fourth-order valence-electron chi connectivity index (χ4n) is 0.972. The molecule has 0 saturated heterocycles. The molecule has 0 aliphatic carbocycles. The van der Waals surface area contributed by atoms with E-state index in [4.69, 9.17) is 0 Å². The molecule has 2 heterocycles. The van der Waals surface area contributed by atoms with Gasteiger partial charge in [-0.15, -0.1) is 9.97 Å². The predicted molar refractivity (Wildman–Crippen MR) is 43.6 cm³/mol. The van der Waals surface area contributed by atoms with Crippen LogP contribution in [0.3, 0.4) is 0 Å². The Kier molecular flexibility index (Phi) is 1.78. The van der Waals surface area contributed by atoms with E-state index >= 15 is 0 Å². The van der Waals surface area contributed by atoms with Crippen molar-refractivity contribution >= 4 is 0 Å². The van der Waals surface area contributed by atoms with Gasteiger partial charge in [0.25, 0.3) is 5.82 Å². The van der Waals surface area contributed by atoms with Crippen LogP contribution < -0.4 is 4.57 Å². The van der Waals surface area contributed by atoms with Crippen molar-refractivity contribution in [2.45, 2.75) is 0 Å². The van der Waals surface area contributed by atoms with Crippen molar-refractivity contribution in [3.8, 4) is 5.82 Å². The Labute approximate surface area is 70.4 Å². The van der Waals surface area contributed by atoms with Crippen LogP contribution in [0.5, 0.6) is 0 Å². The molecule has 0 N–H and O–H groups in total. The third-order valence-electron chi connectivity index (χ3n) is 1.52. The van der Waals surface area contributed by atoms with Crippen molar-refractivity contribution in [3.05, 3.63) is 49.2 Å². The van der Waals surface area contributed by atoms with Crippen molar-refractivity contribution in [2.75, 3.05) is 0 Å². The van der Waals surface area contributed by atoms with Crippen LogP contribution in [0.4, 0.5) is 0 Å². The van der Waals surface area contributed by atoms with Crippen LogP contribution in [0.1, 0.15) is 0 Å². The Morgan fingerprint density at radius 3 is 2.75 bits per heavy atom. The third kappa shape index (κ3) is 1.29. The Hall–Kier alpha value is -1.77. The van der Waals surface area contributed by atoms with Crippen molar-refractivity contribution < 1.29 is 4.57 Å². The molecule has 0 aromatic carbocycles.